The van der Waals surface area contributed by atoms with Crippen molar-refractivity contribution in [2.24, 2.45) is 0 Å². The number of carbonyl (C=O) groups is 2. The molecule has 0 heterocycles. The van der Waals surface area contributed by atoms with Crippen molar-refractivity contribution in [3.8, 4) is 0 Å². The van der Waals surface area contributed by atoms with Crippen LogP contribution in [0, 0.1) is 0 Å². The molecular weight excluding hydrogens is 290 g/mol. The predicted octanol–water partition coefficient (Wildman–Crippen LogP) is 1.52. The molecule has 0 saturated carbocycles. The van der Waals surface area contributed by atoms with Crippen LogP contribution in [-0.2, 0) is 25.6 Å². The molecule has 0 saturated heterocycles. The molecule has 0 fully saturated rings. The lowest BCUT2D eigenvalue weighted by Gasteiger charge is -2.09. The maximum atomic E-state index is 11.7. The van der Waals surface area contributed by atoms with Crippen LogP contribution in [0.5, 0.6) is 0 Å². The van der Waals surface area contributed by atoms with Gasteiger partial charge in [0.2, 0.25) is 5.91 Å². The number of hydrogen-bond acceptors (Lipinski definition) is 5. The standard InChI is InChI=1S/C15H21NO6/c1-3-21-4-5-22-10-14(17)16-13-7-11(9-20-2)6-12(8-13)15(18)19/h6-8H,3-5,9-10H2,1-2H3,(H,16,17)(H,18,19). The van der Waals surface area contributed by atoms with Crippen LogP contribution in [0.4, 0.5) is 5.69 Å². The average Bonchev–Trinajstić information content (AvgIpc) is 2.47. The molecule has 122 valence electrons. The fourth-order valence-corrected chi connectivity index (χ4v) is 1.76. The van der Waals surface area contributed by atoms with Gasteiger partial charge in [0.1, 0.15) is 6.61 Å². The maximum Gasteiger partial charge on any atom is 0.335 e. The lowest BCUT2D eigenvalue weighted by molar-refractivity contribution is -0.121. The first-order chi connectivity index (χ1) is 10.6. The van der Waals surface area contributed by atoms with Gasteiger partial charge in [-0.1, -0.05) is 0 Å². The second-order valence-corrected chi connectivity index (χ2v) is 4.45. The van der Waals surface area contributed by atoms with Crippen molar-refractivity contribution >= 4 is 17.6 Å². The molecule has 1 rings (SSSR count). The third-order valence-electron chi connectivity index (χ3n) is 2.64. The number of benzene rings is 1. The van der Waals surface area contributed by atoms with Crippen molar-refractivity contribution in [1.29, 1.82) is 0 Å². The summed E-state index contributed by atoms with van der Waals surface area (Å²) in [5.74, 6) is -1.43. The first-order valence-electron chi connectivity index (χ1n) is 6.88. The number of carboxylic acid groups (broad SMARTS) is 1. The molecule has 1 amide bonds. The summed E-state index contributed by atoms with van der Waals surface area (Å²) in [6.45, 7) is 3.36. The summed E-state index contributed by atoms with van der Waals surface area (Å²) >= 11 is 0. The number of amides is 1. The number of methoxy groups -OCH3 is 1. The van der Waals surface area contributed by atoms with Gasteiger partial charge in [-0.25, -0.2) is 4.79 Å². The van der Waals surface area contributed by atoms with Crippen molar-refractivity contribution in [1.82, 2.24) is 0 Å². The Labute approximate surface area is 129 Å². The monoisotopic (exact) mass is 311 g/mol. The molecule has 22 heavy (non-hydrogen) atoms. The summed E-state index contributed by atoms with van der Waals surface area (Å²) in [5.41, 5.74) is 1.14. The van der Waals surface area contributed by atoms with Crippen molar-refractivity contribution in [2.75, 3.05) is 38.9 Å². The third-order valence-corrected chi connectivity index (χ3v) is 2.64. The highest BCUT2D eigenvalue weighted by atomic mass is 16.5. The average molecular weight is 311 g/mol. The van der Waals surface area contributed by atoms with E-state index in [1.807, 2.05) is 6.92 Å². The molecule has 0 unspecified atom stereocenters. The van der Waals surface area contributed by atoms with Crippen LogP contribution in [0.1, 0.15) is 22.8 Å². The quantitative estimate of drug-likeness (QED) is 0.636. The van der Waals surface area contributed by atoms with E-state index in [0.29, 0.717) is 31.1 Å². The Kier molecular flexibility index (Phi) is 8.13. The fraction of sp³-hybridized carbons (Fsp3) is 0.467. The Balaban J connectivity index is 2.59. The summed E-state index contributed by atoms with van der Waals surface area (Å²) in [7, 11) is 1.51. The van der Waals surface area contributed by atoms with E-state index in [-0.39, 0.29) is 24.7 Å². The molecule has 7 heteroatoms. The molecule has 0 aromatic heterocycles. The van der Waals surface area contributed by atoms with E-state index in [0.717, 1.165) is 0 Å². The second kappa shape index (κ2) is 9.88. The van der Waals surface area contributed by atoms with Gasteiger partial charge >= 0.3 is 5.97 Å². The molecule has 0 aliphatic rings. The predicted molar refractivity (Wildman–Crippen MR) is 80.1 cm³/mol. The Morgan fingerprint density at radius 3 is 2.55 bits per heavy atom. The van der Waals surface area contributed by atoms with Crippen LogP contribution in [0.2, 0.25) is 0 Å². The normalized spacial score (nSPS) is 10.5. The molecule has 0 spiro atoms. The van der Waals surface area contributed by atoms with Crippen LogP contribution >= 0.6 is 0 Å². The van der Waals surface area contributed by atoms with Gasteiger partial charge in [0, 0.05) is 19.4 Å². The largest absolute Gasteiger partial charge is 0.478 e. The number of aromatic carboxylic acids is 1. The van der Waals surface area contributed by atoms with Gasteiger partial charge in [-0.15, -0.1) is 0 Å². The third kappa shape index (κ3) is 6.66. The number of carboxylic acids is 1. The molecule has 0 atom stereocenters. The van der Waals surface area contributed by atoms with Gasteiger partial charge in [-0.05, 0) is 30.7 Å². The smallest absolute Gasteiger partial charge is 0.335 e. The topological polar surface area (TPSA) is 94.1 Å². The van der Waals surface area contributed by atoms with Gasteiger partial charge in [0.15, 0.2) is 0 Å². The summed E-state index contributed by atoms with van der Waals surface area (Å²) in [6.07, 6.45) is 0. The van der Waals surface area contributed by atoms with Gasteiger partial charge in [0.05, 0.1) is 25.4 Å². The van der Waals surface area contributed by atoms with E-state index in [2.05, 4.69) is 5.32 Å². The van der Waals surface area contributed by atoms with Crippen LogP contribution in [0.25, 0.3) is 0 Å². The summed E-state index contributed by atoms with van der Waals surface area (Å²) < 4.78 is 15.2. The molecule has 0 aliphatic heterocycles. The summed E-state index contributed by atoms with van der Waals surface area (Å²) in [6, 6.07) is 4.55. The number of rotatable bonds is 10. The SMILES string of the molecule is CCOCCOCC(=O)Nc1cc(COC)cc(C(=O)O)c1. The Hall–Kier alpha value is -1.96. The highest BCUT2D eigenvalue weighted by Gasteiger charge is 2.09. The van der Waals surface area contributed by atoms with Crippen molar-refractivity contribution in [3.05, 3.63) is 29.3 Å². The summed E-state index contributed by atoms with van der Waals surface area (Å²) in [4.78, 5) is 22.8. The Morgan fingerprint density at radius 2 is 1.91 bits per heavy atom. The van der Waals surface area contributed by atoms with Crippen LogP contribution < -0.4 is 5.32 Å². The zero-order valence-corrected chi connectivity index (χ0v) is 12.8. The van der Waals surface area contributed by atoms with Crippen LogP contribution in [0.3, 0.4) is 0 Å². The highest BCUT2D eigenvalue weighted by molar-refractivity contribution is 5.94. The van der Waals surface area contributed by atoms with E-state index < -0.39 is 5.97 Å². The van der Waals surface area contributed by atoms with E-state index in [1.165, 1.54) is 19.2 Å². The molecule has 0 radical (unpaired) electrons. The lowest BCUT2D eigenvalue weighted by atomic mass is 10.1. The van der Waals surface area contributed by atoms with E-state index in [9.17, 15) is 9.59 Å². The van der Waals surface area contributed by atoms with Crippen LogP contribution in [-0.4, -0.2) is 50.5 Å². The van der Waals surface area contributed by atoms with Crippen molar-refractivity contribution in [3.63, 3.8) is 0 Å². The molecule has 0 bridgehead atoms. The van der Waals surface area contributed by atoms with Crippen LogP contribution in [0.15, 0.2) is 18.2 Å². The van der Waals surface area contributed by atoms with Gasteiger partial charge < -0.3 is 24.6 Å². The Morgan fingerprint density at radius 1 is 1.18 bits per heavy atom. The van der Waals surface area contributed by atoms with Crippen molar-refractivity contribution in [2.45, 2.75) is 13.5 Å². The van der Waals surface area contributed by atoms with E-state index in [1.54, 1.807) is 6.07 Å². The first kappa shape index (κ1) is 18.1. The lowest BCUT2D eigenvalue weighted by Crippen LogP contribution is -2.20. The zero-order valence-electron chi connectivity index (χ0n) is 12.8. The minimum Gasteiger partial charge on any atom is -0.478 e. The van der Waals surface area contributed by atoms with Crippen molar-refractivity contribution < 1.29 is 28.9 Å². The van der Waals surface area contributed by atoms with E-state index in [4.69, 9.17) is 19.3 Å². The summed E-state index contributed by atoms with van der Waals surface area (Å²) in [5, 5.41) is 11.7. The highest BCUT2D eigenvalue weighted by Crippen LogP contribution is 2.16. The Bertz CT molecular complexity index is 503. The van der Waals surface area contributed by atoms with Gasteiger partial charge in [0.25, 0.3) is 0 Å². The molecule has 0 aliphatic carbocycles. The molecule has 7 nitrogen and oxygen atoms in total. The molecular formula is C15H21NO6. The minimum atomic E-state index is -1.07. The number of ether oxygens (including phenoxy) is 3. The van der Waals surface area contributed by atoms with Gasteiger partial charge in [-0.3, -0.25) is 4.79 Å². The zero-order chi connectivity index (χ0) is 16.4. The minimum absolute atomic E-state index is 0.0853. The fourth-order valence-electron chi connectivity index (χ4n) is 1.76. The maximum absolute atomic E-state index is 11.7. The molecule has 1 aromatic rings. The van der Waals surface area contributed by atoms with Gasteiger partial charge in [-0.2, -0.15) is 0 Å². The number of hydrogen-bond donors (Lipinski definition) is 2. The number of carbonyl (C=O) groups excluding carboxylic acids is 1. The molecule has 2 N–H and O–H groups in total. The van der Waals surface area contributed by atoms with E-state index >= 15 is 0 Å². The second-order valence-electron chi connectivity index (χ2n) is 4.45. The molecule has 1 aromatic carbocycles. The first-order valence-corrected chi connectivity index (χ1v) is 6.88. The number of anilines is 1. The number of nitrogens with one attached hydrogen (secondary N) is 1.